The number of nitrogens with one attached hydrogen (secondary N) is 1. The Morgan fingerprint density at radius 3 is 3.11 bits per heavy atom. The predicted molar refractivity (Wildman–Crippen MR) is 87.5 cm³/mol. The van der Waals surface area contributed by atoms with Gasteiger partial charge < -0.3 is 5.32 Å². The largest absolute Gasteiger partial charge is 0.378 e. The van der Waals surface area contributed by atoms with E-state index in [9.17, 15) is 4.39 Å². The first-order valence-electron chi connectivity index (χ1n) is 6.45. The van der Waals surface area contributed by atoms with Gasteiger partial charge in [-0.25, -0.2) is 4.39 Å². The molecule has 0 amide bonds. The van der Waals surface area contributed by atoms with Gasteiger partial charge in [0.15, 0.2) is 0 Å². The van der Waals surface area contributed by atoms with E-state index >= 15 is 0 Å². The van der Waals surface area contributed by atoms with Crippen LogP contribution in [-0.2, 0) is 6.42 Å². The highest BCUT2D eigenvalue weighted by atomic mass is 127. The van der Waals surface area contributed by atoms with Crippen molar-refractivity contribution in [1.82, 2.24) is 0 Å². The fraction of sp³-hybridized carbons (Fsp3) is 0.333. The van der Waals surface area contributed by atoms with Crippen molar-refractivity contribution in [2.75, 3.05) is 5.32 Å². The van der Waals surface area contributed by atoms with Gasteiger partial charge in [-0.2, -0.15) is 0 Å². The Bertz CT molecular complexity index is 608. The summed E-state index contributed by atoms with van der Waals surface area (Å²) in [6, 6.07) is 7.84. The molecule has 1 atom stereocenters. The Morgan fingerprint density at radius 2 is 2.26 bits per heavy atom. The van der Waals surface area contributed by atoms with Crippen LogP contribution in [0.2, 0.25) is 0 Å². The first-order valence-corrected chi connectivity index (χ1v) is 8.34. The molecule has 0 radical (unpaired) electrons. The number of anilines is 1. The maximum Gasteiger partial charge on any atom is 0.128 e. The minimum absolute atomic E-state index is 0.138. The summed E-state index contributed by atoms with van der Waals surface area (Å²) in [6.07, 6.45) is 3.51. The van der Waals surface area contributed by atoms with E-state index in [-0.39, 0.29) is 5.82 Å². The zero-order chi connectivity index (χ0) is 13.4. The number of rotatable bonds is 2. The van der Waals surface area contributed by atoms with Gasteiger partial charge in [-0.15, -0.1) is 11.3 Å². The van der Waals surface area contributed by atoms with Crippen LogP contribution in [0.5, 0.6) is 0 Å². The van der Waals surface area contributed by atoms with Gasteiger partial charge in [0.1, 0.15) is 5.82 Å². The monoisotopic (exact) mass is 387 g/mol. The summed E-state index contributed by atoms with van der Waals surface area (Å²) in [5.74, 6) is -0.138. The van der Waals surface area contributed by atoms with E-state index in [4.69, 9.17) is 0 Å². The summed E-state index contributed by atoms with van der Waals surface area (Å²) in [6.45, 7) is 1.83. The van der Waals surface area contributed by atoms with Crippen LogP contribution in [0.25, 0.3) is 0 Å². The van der Waals surface area contributed by atoms with E-state index in [1.165, 1.54) is 32.2 Å². The maximum absolute atomic E-state index is 13.6. The fourth-order valence-electron chi connectivity index (χ4n) is 2.62. The molecule has 1 aliphatic carbocycles. The molecular weight excluding hydrogens is 372 g/mol. The third kappa shape index (κ3) is 2.65. The molecule has 1 heterocycles. The molecule has 0 aliphatic heterocycles. The Kier molecular flexibility index (Phi) is 3.80. The zero-order valence-corrected chi connectivity index (χ0v) is 13.6. The number of hydrogen-bond acceptors (Lipinski definition) is 2. The Labute approximate surface area is 130 Å². The lowest BCUT2D eigenvalue weighted by Crippen LogP contribution is -2.16. The number of halogens is 2. The van der Waals surface area contributed by atoms with Crippen LogP contribution in [0, 0.1) is 15.6 Å². The minimum atomic E-state index is -0.138. The van der Waals surface area contributed by atoms with Gasteiger partial charge in [-0.3, -0.25) is 0 Å². The molecular formula is C15H15FINS. The molecule has 1 aliphatic rings. The molecule has 19 heavy (non-hydrogen) atoms. The average molecular weight is 387 g/mol. The average Bonchev–Trinajstić information content (AvgIpc) is 2.76. The third-order valence-electron chi connectivity index (χ3n) is 3.68. The number of thiophene rings is 1. The highest BCUT2D eigenvalue weighted by Gasteiger charge is 2.23. The first-order chi connectivity index (χ1) is 9.15. The van der Waals surface area contributed by atoms with E-state index in [1.54, 1.807) is 6.07 Å². The molecule has 0 fully saturated rings. The van der Waals surface area contributed by atoms with Gasteiger partial charge in [0.05, 0.1) is 8.93 Å². The highest BCUT2D eigenvalue weighted by Crippen LogP contribution is 2.38. The van der Waals surface area contributed by atoms with E-state index < -0.39 is 0 Å². The minimum Gasteiger partial charge on any atom is -0.378 e. The van der Waals surface area contributed by atoms with Crippen molar-refractivity contribution in [3.63, 3.8) is 0 Å². The summed E-state index contributed by atoms with van der Waals surface area (Å²) in [7, 11) is 0. The van der Waals surface area contributed by atoms with Crippen LogP contribution in [0.4, 0.5) is 10.1 Å². The second-order valence-corrected chi connectivity index (χ2v) is 7.96. The van der Waals surface area contributed by atoms with Gasteiger partial charge >= 0.3 is 0 Å². The van der Waals surface area contributed by atoms with Crippen LogP contribution in [-0.4, -0.2) is 0 Å². The number of hydrogen-bond donors (Lipinski definition) is 1. The summed E-state index contributed by atoms with van der Waals surface area (Å²) in [4.78, 5) is 1.49. The molecule has 1 unspecified atom stereocenters. The molecule has 100 valence electrons. The number of benzene rings is 1. The molecule has 4 heteroatoms. The van der Waals surface area contributed by atoms with E-state index in [0.29, 0.717) is 11.6 Å². The summed E-state index contributed by atoms with van der Waals surface area (Å²) < 4.78 is 14.9. The lowest BCUT2D eigenvalue weighted by Gasteiger charge is -2.25. The fourth-order valence-corrected chi connectivity index (χ4v) is 4.74. The molecule has 1 aromatic heterocycles. The van der Waals surface area contributed by atoms with Crippen LogP contribution in [0.15, 0.2) is 24.3 Å². The van der Waals surface area contributed by atoms with Crippen molar-refractivity contribution >= 4 is 39.6 Å². The molecule has 1 nitrogen and oxygen atoms in total. The highest BCUT2D eigenvalue weighted by molar-refractivity contribution is 14.1. The summed E-state index contributed by atoms with van der Waals surface area (Å²) in [5.41, 5.74) is 3.03. The second-order valence-electron chi connectivity index (χ2n) is 4.93. The zero-order valence-electron chi connectivity index (χ0n) is 10.7. The van der Waals surface area contributed by atoms with Crippen molar-refractivity contribution < 1.29 is 4.39 Å². The Balaban J connectivity index is 1.90. The molecule has 2 aromatic rings. The van der Waals surface area contributed by atoms with Gasteiger partial charge in [0.25, 0.3) is 0 Å². The van der Waals surface area contributed by atoms with Gasteiger partial charge in [-0.1, -0.05) is 6.07 Å². The van der Waals surface area contributed by atoms with Crippen molar-refractivity contribution in [1.29, 1.82) is 0 Å². The van der Waals surface area contributed by atoms with Gasteiger partial charge in [0.2, 0.25) is 0 Å². The standard InChI is InChI=1S/C15H15FINS/c1-9-11(16)4-2-5-12(9)18-13-6-3-7-14-10(13)8-15(17)19-14/h2,4-5,8,13,18H,3,6-7H2,1H3. The second kappa shape index (κ2) is 5.40. The van der Waals surface area contributed by atoms with E-state index in [1.807, 2.05) is 24.3 Å². The molecule has 0 saturated heterocycles. The molecule has 0 saturated carbocycles. The predicted octanol–water partition coefficient (Wildman–Crippen LogP) is 5.29. The molecule has 0 spiro atoms. The SMILES string of the molecule is Cc1c(F)cccc1NC1CCCc2sc(I)cc21. The van der Waals surface area contributed by atoms with E-state index in [0.717, 1.165) is 12.1 Å². The summed E-state index contributed by atoms with van der Waals surface area (Å²) >= 11 is 4.27. The van der Waals surface area contributed by atoms with Crippen LogP contribution in [0.1, 0.15) is 34.9 Å². The van der Waals surface area contributed by atoms with Crippen LogP contribution >= 0.6 is 33.9 Å². The maximum atomic E-state index is 13.6. The van der Waals surface area contributed by atoms with Crippen LogP contribution < -0.4 is 5.32 Å². The quantitative estimate of drug-likeness (QED) is 0.691. The molecule has 3 rings (SSSR count). The third-order valence-corrected chi connectivity index (χ3v) is 5.65. The van der Waals surface area contributed by atoms with Crippen molar-refractivity contribution in [2.24, 2.45) is 0 Å². The normalized spacial score (nSPS) is 18.2. The topological polar surface area (TPSA) is 12.0 Å². The van der Waals surface area contributed by atoms with Crippen molar-refractivity contribution in [3.8, 4) is 0 Å². The lowest BCUT2D eigenvalue weighted by molar-refractivity contribution is 0.602. The summed E-state index contributed by atoms with van der Waals surface area (Å²) in [5, 5.41) is 3.52. The van der Waals surface area contributed by atoms with Gasteiger partial charge in [0, 0.05) is 16.1 Å². The Hall–Kier alpha value is -0.620. The lowest BCUT2D eigenvalue weighted by atomic mass is 9.93. The smallest absolute Gasteiger partial charge is 0.128 e. The van der Waals surface area contributed by atoms with Gasteiger partial charge in [-0.05, 0) is 72.5 Å². The molecule has 1 N–H and O–H groups in total. The van der Waals surface area contributed by atoms with Crippen molar-refractivity contribution in [2.45, 2.75) is 32.2 Å². The van der Waals surface area contributed by atoms with Crippen molar-refractivity contribution in [3.05, 3.63) is 49.0 Å². The number of fused-ring (bicyclic) bond motifs is 1. The number of aryl methyl sites for hydroxylation is 1. The molecule has 0 bridgehead atoms. The van der Waals surface area contributed by atoms with Crippen LogP contribution in [0.3, 0.4) is 0 Å². The Morgan fingerprint density at radius 1 is 1.42 bits per heavy atom. The van der Waals surface area contributed by atoms with E-state index in [2.05, 4.69) is 34.0 Å². The first kappa shape index (κ1) is 13.4. The molecule has 1 aromatic carbocycles.